The van der Waals surface area contributed by atoms with Gasteiger partial charge in [0.25, 0.3) is 0 Å². The normalized spacial score (nSPS) is 18.8. The first kappa shape index (κ1) is 26.2. The SMILES string of the molecule is COc1ccc(C2C(C#N)=C(SCC(=O)Nc3ccc(Cl)c(Cl)c3)NC3=C2C(=O)CC(C)(C)C3)cc1. The molecule has 1 unspecified atom stereocenters. The molecule has 6 nitrogen and oxygen atoms in total. The average Bonchev–Trinajstić information content (AvgIpc) is 2.83. The standard InChI is InChI=1S/C27H25Cl2N3O3S/c1-27(2)11-21-25(22(33)12-27)24(15-4-7-17(35-3)8-5-15)18(13-30)26(32-21)36-14-23(34)31-16-6-9-19(28)20(29)10-16/h4-10,24,32H,11-12,14H2,1-3H3,(H,31,34). The molecule has 2 aromatic carbocycles. The number of anilines is 1. The Bertz CT molecular complexity index is 1330. The highest BCUT2D eigenvalue weighted by atomic mass is 35.5. The zero-order valence-corrected chi connectivity index (χ0v) is 22.4. The number of benzene rings is 2. The third-order valence-electron chi connectivity index (χ3n) is 6.13. The topological polar surface area (TPSA) is 91.2 Å². The van der Waals surface area contributed by atoms with Gasteiger partial charge in [0.15, 0.2) is 5.78 Å². The van der Waals surface area contributed by atoms with Gasteiger partial charge in [0.2, 0.25) is 5.91 Å². The highest BCUT2D eigenvalue weighted by molar-refractivity contribution is 8.03. The van der Waals surface area contributed by atoms with Gasteiger partial charge in [-0.1, -0.05) is 60.9 Å². The van der Waals surface area contributed by atoms with Gasteiger partial charge in [-0.15, -0.1) is 0 Å². The predicted molar refractivity (Wildman–Crippen MR) is 144 cm³/mol. The van der Waals surface area contributed by atoms with Crippen LogP contribution in [0.3, 0.4) is 0 Å². The smallest absolute Gasteiger partial charge is 0.234 e. The quantitative estimate of drug-likeness (QED) is 0.437. The summed E-state index contributed by atoms with van der Waals surface area (Å²) < 4.78 is 5.28. The molecule has 1 amide bonds. The second kappa shape index (κ2) is 10.6. The number of amides is 1. The van der Waals surface area contributed by atoms with E-state index in [0.29, 0.717) is 50.5 Å². The van der Waals surface area contributed by atoms with Crippen LogP contribution in [0.1, 0.15) is 38.2 Å². The summed E-state index contributed by atoms with van der Waals surface area (Å²) in [6.45, 7) is 4.11. The van der Waals surface area contributed by atoms with Gasteiger partial charge in [0, 0.05) is 23.4 Å². The maximum absolute atomic E-state index is 13.3. The number of allylic oxidation sites excluding steroid dienone is 3. The van der Waals surface area contributed by atoms with Crippen LogP contribution in [0, 0.1) is 16.7 Å². The molecule has 0 fully saturated rings. The van der Waals surface area contributed by atoms with Crippen molar-refractivity contribution in [1.29, 1.82) is 5.26 Å². The number of nitrogens with one attached hydrogen (secondary N) is 2. The molecule has 36 heavy (non-hydrogen) atoms. The van der Waals surface area contributed by atoms with E-state index in [4.69, 9.17) is 27.9 Å². The van der Waals surface area contributed by atoms with E-state index in [0.717, 1.165) is 11.3 Å². The molecule has 4 rings (SSSR count). The summed E-state index contributed by atoms with van der Waals surface area (Å²) in [5.41, 5.74) is 3.00. The first-order valence-electron chi connectivity index (χ1n) is 11.3. The molecule has 0 saturated heterocycles. The predicted octanol–water partition coefficient (Wildman–Crippen LogP) is 6.44. The fourth-order valence-electron chi connectivity index (χ4n) is 4.53. The molecule has 1 heterocycles. The minimum absolute atomic E-state index is 0.0312. The van der Waals surface area contributed by atoms with Gasteiger partial charge in [-0.3, -0.25) is 9.59 Å². The summed E-state index contributed by atoms with van der Waals surface area (Å²) in [5.74, 6) is 0.00762. The van der Waals surface area contributed by atoms with Crippen molar-refractivity contribution in [3.05, 3.63) is 79.9 Å². The molecule has 2 aromatic rings. The van der Waals surface area contributed by atoms with Crippen molar-refractivity contribution < 1.29 is 14.3 Å². The lowest BCUT2D eigenvalue weighted by atomic mass is 9.69. The lowest BCUT2D eigenvalue weighted by Crippen LogP contribution is -2.37. The Hall–Kier alpha value is -2.92. The van der Waals surface area contributed by atoms with Crippen molar-refractivity contribution in [3.63, 3.8) is 0 Å². The van der Waals surface area contributed by atoms with Crippen LogP contribution >= 0.6 is 35.0 Å². The lowest BCUT2D eigenvalue weighted by molar-refractivity contribution is -0.118. The fraction of sp³-hybridized carbons (Fsp3) is 0.296. The summed E-state index contributed by atoms with van der Waals surface area (Å²) in [4.78, 5) is 26.0. The van der Waals surface area contributed by atoms with Crippen LogP contribution in [0.4, 0.5) is 5.69 Å². The van der Waals surface area contributed by atoms with Gasteiger partial charge >= 0.3 is 0 Å². The van der Waals surface area contributed by atoms with Gasteiger partial charge in [0.05, 0.1) is 45.5 Å². The number of hydrogen-bond donors (Lipinski definition) is 2. The molecule has 0 saturated carbocycles. The van der Waals surface area contributed by atoms with E-state index in [1.54, 1.807) is 25.3 Å². The van der Waals surface area contributed by atoms with E-state index in [1.807, 2.05) is 24.3 Å². The molecule has 0 radical (unpaired) electrons. The Balaban J connectivity index is 1.64. The van der Waals surface area contributed by atoms with E-state index in [2.05, 4.69) is 30.6 Å². The molecule has 1 atom stereocenters. The van der Waals surface area contributed by atoms with Crippen molar-refractivity contribution in [3.8, 4) is 11.8 Å². The number of methoxy groups -OCH3 is 1. The fourth-order valence-corrected chi connectivity index (χ4v) is 5.69. The third kappa shape index (κ3) is 5.57. The molecule has 1 aliphatic heterocycles. The van der Waals surface area contributed by atoms with Crippen LogP contribution in [0.25, 0.3) is 0 Å². The molecule has 186 valence electrons. The zero-order valence-electron chi connectivity index (χ0n) is 20.1. The molecule has 0 aromatic heterocycles. The lowest BCUT2D eigenvalue weighted by Gasteiger charge is -2.39. The van der Waals surface area contributed by atoms with Crippen molar-refractivity contribution in [2.45, 2.75) is 32.6 Å². The van der Waals surface area contributed by atoms with E-state index >= 15 is 0 Å². The number of dihydropyridines is 1. The number of Topliss-reactive ketones (excluding diaryl/α,β-unsaturated/α-hetero) is 1. The zero-order chi connectivity index (χ0) is 26.0. The van der Waals surface area contributed by atoms with Crippen LogP contribution < -0.4 is 15.4 Å². The summed E-state index contributed by atoms with van der Waals surface area (Å²) in [6, 6.07) is 14.6. The Labute approximate surface area is 224 Å². The highest BCUT2D eigenvalue weighted by Crippen LogP contribution is 2.48. The van der Waals surface area contributed by atoms with E-state index in [9.17, 15) is 14.9 Å². The number of nitrogens with zero attached hydrogens (tertiary/aromatic N) is 1. The Morgan fingerprint density at radius 3 is 2.56 bits per heavy atom. The summed E-state index contributed by atoms with van der Waals surface area (Å²) in [7, 11) is 1.59. The monoisotopic (exact) mass is 541 g/mol. The summed E-state index contributed by atoms with van der Waals surface area (Å²) in [6.07, 6.45) is 1.08. The molecular weight excluding hydrogens is 517 g/mol. The number of hydrogen-bond acceptors (Lipinski definition) is 6. The number of rotatable bonds is 6. The van der Waals surface area contributed by atoms with E-state index in [-0.39, 0.29) is 22.9 Å². The van der Waals surface area contributed by atoms with Crippen LogP contribution in [-0.4, -0.2) is 24.6 Å². The van der Waals surface area contributed by atoms with Crippen LogP contribution in [-0.2, 0) is 9.59 Å². The van der Waals surface area contributed by atoms with Crippen LogP contribution in [0.2, 0.25) is 10.0 Å². The number of carbonyl (C=O) groups is 2. The number of halogens is 2. The number of carbonyl (C=O) groups excluding carboxylic acids is 2. The van der Waals surface area contributed by atoms with Gasteiger partial charge in [-0.2, -0.15) is 5.26 Å². The molecular formula is C27H25Cl2N3O3S. The summed E-state index contributed by atoms with van der Waals surface area (Å²) in [5, 5.41) is 17.6. The van der Waals surface area contributed by atoms with E-state index < -0.39 is 5.92 Å². The Morgan fingerprint density at radius 1 is 1.19 bits per heavy atom. The Kier molecular flexibility index (Phi) is 7.70. The molecule has 9 heteroatoms. The number of nitriles is 1. The maximum Gasteiger partial charge on any atom is 0.234 e. The molecule has 0 spiro atoms. The van der Waals surface area contributed by atoms with E-state index in [1.165, 1.54) is 11.8 Å². The Morgan fingerprint density at radius 2 is 1.92 bits per heavy atom. The third-order valence-corrected chi connectivity index (χ3v) is 7.88. The van der Waals surface area contributed by atoms with Gasteiger partial charge in [0.1, 0.15) is 5.75 Å². The number of thioether (sulfide) groups is 1. The van der Waals surface area contributed by atoms with Crippen LogP contribution in [0.5, 0.6) is 5.75 Å². The highest BCUT2D eigenvalue weighted by Gasteiger charge is 2.42. The average molecular weight is 542 g/mol. The van der Waals surface area contributed by atoms with Crippen molar-refractivity contribution in [2.24, 2.45) is 5.41 Å². The first-order chi connectivity index (χ1) is 17.1. The van der Waals surface area contributed by atoms with Gasteiger partial charge in [-0.25, -0.2) is 0 Å². The van der Waals surface area contributed by atoms with Gasteiger partial charge in [-0.05, 0) is 47.7 Å². The largest absolute Gasteiger partial charge is 0.497 e. The minimum Gasteiger partial charge on any atom is -0.497 e. The first-order valence-corrected chi connectivity index (χ1v) is 13.0. The second-order valence-electron chi connectivity index (χ2n) is 9.48. The molecule has 0 bridgehead atoms. The maximum atomic E-state index is 13.3. The van der Waals surface area contributed by atoms with Crippen molar-refractivity contribution in [1.82, 2.24) is 5.32 Å². The minimum atomic E-state index is -0.513. The molecule has 2 aliphatic rings. The number of ketones is 1. The number of ether oxygens (including phenoxy) is 1. The molecule has 2 N–H and O–H groups in total. The molecule has 1 aliphatic carbocycles. The van der Waals surface area contributed by atoms with Crippen molar-refractivity contribution >= 4 is 52.3 Å². The second-order valence-corrected chi connectivity index (χ2v) is 11.3. The summed E-state index contributed by atoms with van der Waals surface area (Å²) >= 11 is 13.2. The van der Waals surface area contributed by atoms with Crippen molar-refractivity contribution in [2.75, 3.05) is 18.2 Å². The van der Waals surface area contributed by atoms with Gasteiger partial charge < -0.3 is 15.4 Å². The van der Waals surface area contributed by atoms with Crippen LogP contribution in [0.15, 0.2) is 64.3 Å².